The number of amides is 3. The number of aromatic nitrogens is 1. The van der Waals surface area contributed by atoms with E-state index in [-0.39, 0.29) is 24.4 Å². The second kappa shape index (κ2) is 7.41. The molecular formula is C17H19ClN4O2S. The van der Waals surface area contributed by atoms with Crippen LogP contribution in [0.5, 0.6) is 0 Å². The molecule has 1 aromatic carbocycles. The summed E-state index contributed by atoms with van der Waals surface area (Å²) in [6.45, 7) is 2.81. The minimum absolute atomic E-state index is 0.0228. The first-order valence-electron chi connectivity index (χ1n) is 7.91. The van der Waals surface area contributed by atoms with Crippen molar-refractivity contribution in [2.75, 3.05) is 18.5 Å². The van der Waals surface area contributed by atoms with Gasteiger partial charge in [-0.2, -0.15) is 0 Å². The van der Waals surface area contributed by atoms with E-state index in [1.54, 1.807) is 46.4 Å². The van der Waals surface area contributed by atoms with E-state index >= 15 is 0 Å². The fraction of sp³-hybridized carbons (Fsp3) is 0.353. The summed E-state index contributed by atoms with van der Waals surface area (Å²) in [5, 5.41) is 6.42. The molecule has 25 heavy (non-hydrogen) atoms. The lowest BCUT2D eigenvalue weighted by Crippen LogP contribution is -2.44. The number of aryl methyl sites for hydroxylation is 1. The van der Waals surface area contributed by atoms with Crippen molar-refractivity contribution in [2.24, 2.45) is 0 Å². The van der Waals surface area contributed by atoms with Gasteiger partial charge in [-0.25, -0.2) is 9.78 Å². The van der Waals surface area contributed by atoms with Crippen LogP contribution >= 0.6 is 22.9 Å². The second-order valence-corrected chi connectivity index (χ2v) is 7.55. The number of urea groups is 1. The summed E-state index contributed by atoms with van der Waals surface area (Å²) in [6, 6.07) is 6.72. The Bertz CT molecular complexity index is 794. The zero-order valence-corrected chi connectivity index (χ0v) is 15.6. The van der Waals surface area contributed by atoms with Gasteiger partial charge >= 0.3 is 6.03 Å². The summed E-state index contributed by atoms with van der Waals surface area (Å²) in [4.78, 5) is 32.2. The monoisotopic (exact) mass is 378 g/mol. The number of hydrogen-bond donors (Lipinski definition) is 1. The molecule has 1 aliphatic rings. The number of carbonyl (C=O) groups excluding carboxylic acids is 2. The highest BCUT2D eigenvalue weighted by atomic mass is 35.5. The highest BCUT2D eigenvalue weighted by molar-refractivity contribution is 7.09. The Morgan fingerprint density at radius 1 is 1.52 bits per heavy atom. The van der Waals surface area contributed by atoms with Gasteiger partial charge in [0.1, 0.15) is 0 Å². The quantitative estimate of drug-likeness (QED) is 0.889. The molecule has 0 aliphatic carbocycles. The van der Waals surface area contributed by atoms with Gasteiger partial charge in [-0.15, -0.1) is 11.3 Å². The van der Waals surface area contributed by atoms with Crippen molar-refractivity contribution in [3.05, 3.63) is 45.4 Å². The molecule has 1 N–H and O–H groups in total. The topological polar surface area (TPSA) is 65.5 Å². The van der Waals surface area contributed by atoms with Crippen LogP contribution in [0.1, 0.15) is 17.1 Å². The van der Waals surface area contributed by atoms with Gasteiger partial charge in [0.25, 0.3) is 0 Å². The van der Waals surface area contributed by atoms with Crippen molar-refractivity contribution in [3.8, 4) is 0 Å². The van der Waals surface area contributed by atoms with Gasteiger partial charge in [0.05, 0.1) is 23.3 Å². The smallest absolute Gasteiger partial charge is 0.317 e. The fourth-order valence-corrected chi connectivity index (χ4v) is 3.57. The average molecular weight is 379 g/mol. The van der Waals surface area contributed by atoms with Crippen LogP contribution < -0.4 is 10.2 Å². The summed E-state index contributed by atoms with van der Waals surface area (Å²) in [6.07, 6.45) is 0.280. The summed E-state index contributed by atoms with van der Waals surface area (Å²) in [5.41, 5.74) is 1.61. The summed E-state index contributed by atoms with van der Waals surface area (Å²) < 4.78 is 0. The van der Waals surface area contributed by atoms with E-state index < -0.39 is 0 Å². The molecule has 1 atom stereocenters. The molecule has 0 spiro atoms. The van der Waals surface area contributed by atoms with Crippen LogP contribution in [0, 0.1) is 6.92 Å². The molecule has 1 aromatic heterocycles. The maximum atomic E-state index is 12.4. The molecule has 1 aliphatic heterocycles. The van der Waals surface area contributed by atoms with Crippen molar-refractivity contribution in [3.63, 3.8) is 0 Å². The first kappa shape index (κ1) is 17.7. The number of nitrogens with zero attached hydrogens (tertiary/aromatic N) is 3. The molecule has 8 heteroatoms. The molecule has 2 aromatic rings. The molecule has 0 unspecified atom stereocenters. The second-order valence-electron chi connectivity index (χ2n) is 6.05. The summed E-state index contributed by atoms with van der Waals surface area (Å²) in [5.74, 6) is -0.0228. The minimum atomic E-state index is -0.224. The molecule has 3 amide bonds. The Hall–Kier alpha value is -2.12. The van der Waals surface area contributed by atoms with Crippen LogP contribution in [0.2, 0.25) is 5.02 Å². The van der Waals surface area contributed by atoms with Crippen LogP contribution in [-0.4, -0.2) is 41.5 Å². The lowest BCUT2D eigenvalue weighted by Gasteiger charge is -2.21. The molecule has 0 radical (unpaired) electrons. The molecule has 132 valence electrons. The maximum Gasteiger partial charge on any atom is 0.317 e. The summed E-state index contributed by atoms with van der Waals surface area (Å²) >= 11 is 7.55. The number of anilines is 1. The molecule has 3 rings (SSSR count). The maximum absolute atomic E-state index is 12.4. The highest BCUT2D eigenvalue weighted by Gasteiger charge is 2.32. The van der Waals surface area contributed by atoms with Gasteiger partial charge < -0.3 is 15.1 Å². The number of rotatable bonds is 4. The number of benzene rings is 1. The first-order chi connectivity index (χ1) is 11.9. The van der Waals surface area contributed by atoms with E-state index in [4.69, 9.17) is 11.6 Å². The molecule has 6 nitrogen and oxygen atoms in total. The van der Waals surface area contributed by atoms with Crippen LogP contribution in [0.4, 0.5) is 10.5 Å². The van der Waals surface area contributed by atoms with Gasteiger partial charge in [-0.05, 0) is 25.1 Å². The number of thiazole rings is 1. The van der Waals surface area contributed by atoms with Gasteiger partial charge in [-0.1, -0.05) is 17.7 Å². The van der Waals surface area contributed by atoms with Gasteiger partial charge in [0.2, 0.25) is 5.91 Å². The predicted molar refractivity (Wildman–Crippen MR) is 99.1 cm³/mol. The Labute approximate surface area is 155 Å². The summed E-state index contributed by atoms with van der Waals surface area (Å²) in [7, 11) is 1.72. The molecule has 0 bridgehead atoms. The first-order valence-corrected chi connectivity index (χ1v) is 9.16. The zero-order valence-electron chi connectivity index (χ0n) is 14.0. The van der Waals surface area contributed by atoms with E-state index in [0.717, 1.165) is 16.4 Å². The molecule has 1 saturated heterocycles. The largest absolute Gasteiger partial charge is 0.333 e. The number of halogens is 1. The van der Waals surface area contributed by atoms with Crippen molar-refractivity contribution >= 4 is 40.6 Å². The third-order valence-corrected chi connectivity index (χ3v) is 5.04. The molecule has 1 fully saturated rings. The Morgan fingerprint density at radius 2 is 2.32 bits per heavy atom. The predicted octanol–water partition coefficient (Wildman–Crippen LogP) is 3.05. The van der Waals surface area contributed by atoms with Crippen LogP contribution in [0.3, 0.4) is 0 Å². The van der Waals surface area contributed by atoms with Crippen LogP contribution in [0.25, 0.3) is 0 Å². The van der Waals surface area contributed by atoms with E-state index in [0.29, 0.717) is 18.1 Å². The third kappa shape index (κ3) is 4.29. The van der Waals surface area contributed by atoms with E-state index in [2.05, 4.69) is 10.3 Å². The van der Waals surface area contributed by atoms with E-state index in [1.807, 2.05) is 18.4 Å². The van der Waals surface area contributed by atoms with Crippen molar-refractivity contribution in [2.45, 2.75) is 25.9 Å². The van der Waals surface area contributed by atoms with Crippen LogP contribution in [-0.2, 0) is 11.3 Å². The van der Waals surface area contributed by atoms with Gasteiger partial charge in [0.15, 0.2) is 0 Å². The standard InChI is InChI=1S/C17H19ClN4O2S/c1-11-19-14(10-25-11)8-21(2)17(24)20-13-7-16(23)22(9-13)15-5-3-4-12(18)6-15/h3-6,10,13H,7-9H2,1-2H3,(H,20,24)/t13-/m1/s1. The molecular weight excluding hydrogens is 360 g/mol. The lowest BCUT2D eigenvalue weighted by molar-refractivity contribution is -0.117. The van der Waals surface area contributed by atoms with E-state index in [1.165, 1.54) is 0 Å². The number of nitrogens with one attached hydrogen (secondary N) is 1. The minimum Gasteiger partial charge on any atom is -0.333 e. The third-order valence-electron chi connectivity index (χ3n) is 3.98. The Kier molecular flexibility index (Phi) is 5.24. The average Bonchev–Trinajstić information content (AvgIpc) is 3.12. The van der Waals surface area contributed by atoms with Crippen molar-refractivity contribution < 1.29 is 9.59 Å². The van der Waals surface area contributed by atoms with E-state index in [9.17, 15) is 9.59 Å². The highest BCUT2D eigenvalue weighted by Crippen LogP contribution is 2.24. The molecule has 2 heterocycles. The SMILES string of the molecule is Cc1nc(CN(C)C(=O)N[C@@H]2CC(=O)N(c3cccc(Cl)c3)C2)cs1. The Morgan fingerprint density at radius 3 is 3.00 bits per heavy atom. The Balaban J connectivity index is 1.58. The number of carbonyl (C=O) groups is 2. The normalized spacial score (nSPS) is 17.0. The van der Waals surface area contributed by atoms with Crippen molar-refractivity contribution in [1.29, 1.82) is 0 Å². The molecule has 0 saturated carbocycles. The lowest BCUT2D eigenvalue weighted by atomic mass is 10.2. The van der Waals surface area contributed by atoms with Crippen LogP contribution in [0.15, 0.2) is 29.6 Å². The fourth-order valence-electron chi connectivity index (χ4n) is 2.78. The van der Waals surface area contributed by atoms with Crippen molar-refractivity contribution in [1.82, 2.24) is 15.2 Å². The van der Waals surface area contributed by atoms with Gasteiger partial charge in [0, 0.05) is 36.1 Å². The van der Waals surface area contributed by atoms with Gasteiger partial charge in [-0.3, -0.25) is 4.79 Å². The number of hydrogen-bond acceptors (Lipinski definition) is 4. The zero-order chi connectivity index (χ0) is 18.0.